The van der Waals surface area contributed by atoms with E-state index in [4.69, 9.17) is 0 Å². The van der Waals surface area contributed by atoms with E-state index in [0.29, 0.717) is 37.0 Å². The van der Waals surface area contributed by atoms with Crippen LogP contribution in [0.3, 0.4) is 0 Å². The Bertz CT molecular complexity index is 910. The number of rotatable bonds is 7. The van der Waals surface area contributed by atoms with Gasteiger partial charge in [-0.2, -0.15) is 4.31 Å². The van der Waals surface area contributed by atoms with Crippen LogP contribution in [0.1, 0.15) is 30.5 Å². The van der Waals surface area contributed by atoms with Crippen LogP contribution >= 0.6 is 0 Å². The number of hydrogen-bond donors (Lipinski definition) is 2. The lowest BCUT2D eigenvalue weighted by atomic mass is 10.2. The SMILES string of the molecule is CN=C(NCCc1ccccn1)NCc1ccccc1S(=O)(=O)N1CCCCC1. The summed E-state index contributed by atoms with van der Waals surface area (Å²) in [5.74, 6) is 0.631. The molecule has 156 valence electrons. The summed E-state index contributed by atoms with van der Waals surface area (Å²) in [4.78, 5) is 8.91. The highest BCUT2D eigenvalue weighted by Gasteiger charge is 2.27. The Morgan fingerprint density at radius 2 is 1.83 bits per heavy atom. The van der Waals surface area contributed by atoms with E-state index in [1.165, 1.54) is 0 Å². The monoisotopic (exact) mass is 415 g/mol. The fraction of sp³-hybridized carbons (Fsp3) is 0.429. The van der Waals surface area contributed by atoms with Crippen molar-refractivity contribution in [3.8, 4) is 0 Å². The highest BCUT2D eigenvalue weighted by atomic mass is 32.2. The maximum absolute atomic E-state index is 13.1. The molecule has 1 aromatic carbocycles. The molecule has 0 spiro atoms. The van der Waals surface area contributed by atoms with E-state index in [-0.39, 0.29) is 0 Å². The first kappa shape index (κ1) is 21.3. The van der Waals surface area contributed by atoms with Crippen molar-refractivity contribution in [2.75, 3.05) is 26.7 Å². The second-order valence-electron chi connectivity index (χ2n) is 7.00. The maximum atomic E-state index is 13.1. The van der Waals surface area contributed by atoms with Crippen molar-refractivity contribution >= 4 is 16.0 Å². The number of sulfonamides is 1. The van der Waals surface area contributed by atoms with Crippen LogP contribution in [0.2, 0.25) is 0 Å². The first-order valence-electron chi connectivity index (χ1n) is 10.0. The van der Waals surface area contributed by atoms with Gasteiger partial charge in [0.05, 0.1) is 4.90 Å². The predicted octanol–water partition coefficient (Wildman–Crippen LogP) is 2.16. The van der Waals surface area contributed by atoms with Crippen molar-refractivity contribution in [3.63, 3.8) is 0 Å². The molecule has 2 heterocycles. The van der Waals surface area contributed by atoms with Gasteiger partial charge in [-0.1, -0.05) is 30.7 Å². The quantitative estimate of drug-likeness (QED) is 0.535. The van der Waals surface area contributed by atoms with Gasteiger partial charge < -0.3 is 10.6 Å². The number of nitrogens with one attached hydrogen (secondary N) is 2. The third-order valence-corrected chi connectivity index (χ3v) is 6.97. The summed E-state index contributed by atoms with van der Waals surface area (Å²) in [6, 6.07) is 13.0. The Labute approximate surface area is 173 Å². The van der Waals surface area contributed by atoms with Gasteiger partial charge in [-0.05, 0) is 36.6 Å². The molecular weight excluding hydrogens is 386 g/mol. The standard InChI is InChI=1S/C21H29N5O2S/c1-22-21(24-14-12-19-10-5-6-13-23-19)25-17-18-9-3-4-11-20(18)29(27,28)26-15-7-2-8-16-26/h3-6,9-11,13H,2,7-8,12,14-17H2,1H3,(H2,22,24,25). The molecule has 0 bridgehead atoms. The summed E-state index contributed by atoms with van der Waals surface area (Å²) in [5.41, 5.74) is 1.75. The van der Waals surface area contributed by atoms with Gasteiger partial charge in [-0.25, -0.2) is 8.42 Å². The fourth-order valence-corrected chi connectivity index (χ4v) is 5.14. The van der Waals surface area contributed by atoms with Crippen molar-refractivity contribution in [2.24, 2.45) is 4.99 Å². The van der Waals surface area contributed by atoms with Gasteiger partial charge in [0, 0.05) is 51.5 Å². The summed E-state index contributed by atoms with van der Waals surface area (Å²) < 4.78 is 27.8. The summed E-state index contributed by atoms with van der Waals surface area (Å²) in [7, 11) is -1.77. The Balaban J connectivity index is 1.61. The van der Waals surface area contributed by atoms with Crippen molar-refractivity contribution in [2.45, 2.75) is 37.1 Å². The van der Waals surface area contributed by atoms with Crippen LogP contribution in [0.4, 0.5) is 0 Å². The van der Waals surface area contributed by atoms with Gasteiger partial charge in [0.15, 0.2) is 5.96 Å². The first-order chi connectivity index (χ1) is 14.1. The molecule has 1 aromatic heterocycles. The van der Waals surface area contributed by atoms with Gasteiger partial charge in [0.2, 0.25) is 10.0 Å². The number of pyridine rings is 1. The van der Waals surface area contributed by atoms with Crippen molar-refractivity contribution in [3.05, 3.63) is 59.9 Å². The van der Waals surface area contributed by atoms with Gasteiger partial charge >= 0.3 is 0 Å². The van der Waals surface area contributed by atoms with Crippen LogP contribution in [-0.2, 0) is 23.0 Å². The summed E-state index contributed by atoms with van der Waals surface area (Å²) in [6.45, 7) is 2.26. The van der Waals surface area contributed by atoms with E-state index in [1.54, 1.807) is 29.7 Å². The molecule has 0 amide bonds. The molecule has 7 nitrogen and oxygen atoms in total. The number of aliphatic imine (C=N–C) groups is 1. The van der Waals surface area contributed by atoms with Gasteiger partial charge in [0.1, 0.15) is 0 Å². The Morgan fingerprint density at radius 1 is 1.07 bits per heavy atom. The number of aromatic nitrogens is 1. The van der Waals surface area contributed by atoms with Crippen LogP contribution in [-0.4, -0.2) is 50.3 Å². The molecule has 29 heavy (non-hydrogen) atoms. The minimum Gasteiger partial charge on any atom is -0.356 e. The molecule has 0 aliphatic carbocycles. The molecular formula is C21H29N5O2S. The number of benzene rings is 1. The lowest BCUT2D eigenvalue weighted by molar-refractivity contribution is 0.346. The topological polar surface area (TPSA) is 86.7 Å². The van der Waals surface area contributed by atoms with Gasteiger partial charge in [-0.3, -0.25) is 9.98 Å². The van der Waals surface area contributed by atoms with Crippen molar-refractivity contribution in [1.29, 1.82) is 0 Å². The maximum Gasteiger partial charge on any atom is 0.243 e. The number of hydrogen-bond acceptors (Lipinski definition) is 4. The molecule has 2 aromatic rings. The molecule has 1 fully saturated rings. The van der Waals surface area contributed by atoms with E-state index >= 15 is 0 Å². The first-order valence-corrected chi connectivity index (χ1v) is 11.5. The minimum absolute atomic E-state index is 0.373. The van der Waals surface area contributed by atoms with Crippen LogP contribution in [0.25, 0.3) is 0 Å². The number of piperidine rings is 1. The molecule has 1 aliphatic heterocycles. The summed E-state index contributed by atoms with van der Waals surface area (Å²) in [6.07, 6.45) is 5.50. The predicted molar refractivity (Wildman–Crippen MR) is 115 cm³/mol. The van der Waals surface area contributed by atoms with Crippen molar-refractivity contribution < 1.29 is 8.42 Å². The molecule has 0 atom stereocenters. The zero-order valence-electron chi connectivity index (χ0n) is 16.8. The van der Waals surface area contributed by atoms with Gasteiger partial charge in [0.25, 0.3) is 0 Å². The van der Waals surface area contributed by atoms with Crippen LogP contribution < -0.4 is 10.6 Å². The molecule has 8 heteroatoms. The molecule has 0 saturated carbocycles. The zero-order chi connectivity index (χ0) is 20.5. The Kier molecular flexibility index (Phi) is 7.60. The normalized spacial score (nSPS) is 15.8. The Hall–Kier alpha value is -2.45. The fourth-order valence-electron chi connectivity index (χ4n) is 3.40. The van der Waals surface area contributed by atoms with Gasteiger partial charge in [-0.15, -0.1) is 0 Å². The molecule has 1 saturated heterocycles. The lowest BCUT2D eigenvalue weighted by Crippen LogP contribution is -2.39. The molecule has 0 unspecified atom stereocenters. The van der Waals surface area contributed by atoms with Crippen LogP contribution in [0.5, 0.6) is 0 Å². The Morgan fingerprint density at radius 3 is 2.55 bits per heavy atom. The van der Waals surface area contributed by atoms with E-state index in [1.807, 2.05) is 30.3 Å². The average molecular weight is 416 g/mol. The minimum atomic E-state index is -3.48. The van der Waals surface area contributed by atoms with E-state index in [9.17, 15) is 8.42 Å². The zero-order valence-corrected chi connectivity index (χ0v) is 17.7. The van der Waals surface area contributed by atoms with Crippen LogP contribution in [0, 0.1) is 0 Å². The lowest BCUT2D eigenvalue weighted by Gasteiger charge is -2.27. The van der Waals surface area contributed by atoms with Crippen molar-refractivity contribution in [1.82, 2.24) is 19.9 Å². The third kappa shape index (κ3) is 5.77. The van der Waals surface area contributed by atoms with E-state index in [2.05, 4.69) is 20.6 Å². The molecule has 1 aliphatic rings. The third-order valence-electron chi connectivity index (χ3n) is 4.98. The molecule has 0 radical (unpaired) electrons. The molecule has 3 rings (SSSR count). The van der Waals surface area contributed by atoms with E-state index in [0.717, 1.165) is 36.9 Å². The van der Waals surface area contributed by atoms with Crippen LogP contribution in [0.15, 0.2) is 58.5 Å². The highest BCUT2D eigenvalue weighted by molar-refractivity contribution is 7.89. The second-order valence-corrected chi connectivity index (χ2v) is 8.90. The second kappa shape index (κ2) is 10.4. The largest absolute Gasteiger partial charge is 0.356 e. The average Bonchev–Trinajstić information content (AvgIpc) is 2.77. The summed E-state index contributed by atoms with van der Waals surface area (Å²) >= 11 is 0. The number of nitrogens with zero attached hydrogens (tertiary/aromatic N) is 3. The summed E-state index contributed by atoms with van der Waals surface area (Å²) in [5, 5.41) is 6.47. The van der Waals surface area contributed by atoms with E-state index < -0.39 is 10.0 Å². The smallest absolute Gasteiger partial charge is 0.243 e. The highest BCUT2D eigenvalue weighted by Crippen LogP contribution is 2.23. The molecule has 2 N–H and O–H groups in total. The number of guanidine groups is 1.